The van der Waals surface area contributed by atoms with Crippen molar-refractivity contribution in [3.05, 3.63) is 59.3 Å². The Balaban J connectivity index is 1.65. The predicted octanol–water partition coefficient (Wildman–Crippen LogP) is 4.11. The van der Waals surface area contributed by atoms with Crippen molar-refractivity contribution in [2.45, 2.75) is 69.3 Å². The second kappa shape index (κ2) is 8.17. The molecule has 11 heteroatoms. The van der Waals surface area contributed by atoms with Crippen LogP contribution in [-0.4, -0.2) is 28.9 Å². The molecule has 2 aromatic heterocycles. The number of rotatable bonds is 4. The van der Waals surface area contributed by atoms with Crippen molar-refractivity contribution in [3.63, 3.8) is 0 Å². The van der Waals surface area contributed by atoms with Gasteiger partial charge in [-0.25, -0.2) is 9.18 Å². The van der Waals surface area contributed by atoms with Crippen LogP contribution in [0.1, 0.15) is 71.5 Å². The standard InChI is InChI=1S/C23H25F4N3O3S/c1-9-15-18(30(11-4-5-11)22(32)29-21(15)31)19(33-2)16(17(9)24)13-8-34-14-6-3-10(7-12(13)14)20(28)23(25,26)27/h8,10-11,16,19-20H,3-7,28H2,1-2H3,(H,29,31,32). The lowest BCUT2D eigenvalue weighted by atomic mass is 9.76. The SMILES string of the molecule is COC1c2c(c(=O)[nH]c(=O)n2C2CC2)C(C)=C(F)C1c1csc2c1CC(C(N)C(F)(F)F)CC2. The van der Waals surface area contributed by atoms with Crippen molar-refractivity contribution in [3.8, 4) is 0 Å². The van der Waals surface area contributed by atoms with E-state index < -0.39 is 47.2 Å². The molecule has 3 aliphatic rings. The molecule has 2 heterocycles. The van der Waals surface area contributed by atoms with Gasteiger partial charge in [0.15, 0.2) is 0 Å². The normalized spacial score (nSPS) is 25.8. The summed E-state index contributed by atoms with van der Waals surface area (Å²) < 4.78 is 63.1. The van der Waals surface area contributed by atoms with Crippen LogP contribution in [0.4, 0.5) is 17.6 Å². The molecule has 3 aliphatic carbocycles. The van der Waals surface area contributed by atoms with Crippen LogP contribution in [0.5, 0.6) is 0 Å². The largest absolute Gasteiger partial charge is 0.403 e. The fourth-order valence-electron chi connectivity index (χ4n) is 5.49. The van der Waals surface area contributed by atoms with Crippen LogP contribution in [-0.2, 0) is 17.6 Å². The first-order chi connectivity index (χ1) is 16.0. The number of allylic oxidation sites excluding steroid dienone is 1. The number of nitrogens with two attached hydrogens (primary N) is 1. The van der Waals surface area contributed by atoms with E-state index in [-0.39, 0.29) is 23.6 Å². The zero-order chi connectivity index (χ0) is 24.5. The first kappa shape index (κ1) is 23.5. The maximum absolute atomic E-state index is 15.9. The molecule has 0 amide bonds. The lowest BCUT2D eigenvalue weighted by molar-refractivity contribution is -0.159. The number of hydrogen-bond acceptors (Lipinski definition) is 5. The van der Waals surface area contributed by atoms with Crippen molar-refractivity contribution < 1.29 is 22.3 Å². The van der Waals surface area contributed by atoms with E-state index in [1.807, 2.05) is 0 Å². The maximum atomic E-state index is 15.9. The predicted molar refractivity (Wildman–Crippen MR) is 120 cm³/mol. The van der Waals surface area contributed by atoms with Crippen molar-refractivity contribution in [1.29, 1.82) is 0 Å². The van der Waals surface area contributed by atoms with Crippen LogP contribution < -0.4 is 17.0 Å². The Bertz CT molecular complexity index is 1290. The first-order valence-electron chi connectivity index (χ1n) is 11.2. The number of halogens is 4. The van der Waals surface area contributed by atoms with Gasteiger partial charge in [0.2, 0.25) is 0 Å². The number of methoxy groups -OCH3 is 1. The molecule has 4 unspecified atom stereocenters. The monoisotopic (exact) mass is 499 g/mol. The van der Waals surface area contributed by atoms with E-state index in [1.165, 1.54) is 29.9 Å². The molecular formula is C23H25F4N3O3S. The number of alkyl halides is 3. The van der Waals surface area contributed by atoms with Gasteiger partial charge in [-0.15, -0.1) is 11.3 Å². The van der Waals surface area contributed by atoms with Gasteiger partial charge in [-0.3, -0.25) is 14.3 Å². The molecule has 184 valence electrons. The number of fused-ring (bicyclic) bond motifs is 2. The molecule has 4 atom stereocenters. The molecular weight excluding hydrogens is 474 g/mol. The number of ether oxygens (including phenoxy) is 1. The summed E-state index contributed by atoms with van der Waals surface area (Å²) in [5.74, 6) is -2.35. The second-order valence-corrected chi connectivity index (χ2v) is 10.4. The number of hydrogen-bond donors (Lipinski definition) is 2. The number of aromatic amines is 1. The fourth-order valence-corrected chi connectivity index (χ4v) is 6.63. The highest BCUT2D eigenvalue weighted by Gasteiger charge is 2.46. The average Bonchev–Trinajstić information content (AvgIpc) is 3.53. The van der Waals surface area contributed by atoms with E-state index in [0.29, 0.717) is 29.7 Å². The van der Waals surface area contributed by atoms with Gasteiger partial charge >= 0.3 is 11.9 Å². The lowest BCUT2D eigenvalue weighted by Crippen LogP contribution is -2.45. The topological polar surface area (TPSA) is 90.1 Å². The minimum atomic E-state index is -4.51. The molecule has 5 rings (SSSR count). The lowest BCUT2D eigenvalue weighted by Gasteiger charge is -2.35. The molecule has 0 spiro atoms. The van der Waals surface area contributed by atoms with Crippen molar-refractivity contribution >= 4 is 16.9 Å². The highest BCUT2D eigenvalue weighted by molar-refractivity contribution is 7.10. The molecule has 0 bridgehead atoms. The number of thiophene rings is 1. The summed E-state index contributed by atoms with van der Waals surface area (Å²) in [4.78, 5) is 28.6. The minimum absolute atomic E-state index is 0.0891. The Labute approximate surface area is 196 Å². The number of nitrogens with one attached hydrogen (secondary N) is 1. The van der Waals surface area contributed by atoms with E-state index in [1.54, 1.807) is 5.38 Å². The molecule has 0 radical (unpaired) electrons. The van der Waals surface area contributed by atoms with Gasteiger partial charge in [-0.05, 0) is 67.0 Å². The highest BCUT2D eigenvalue weighted by Crippen LogP contribution is 2.52. The summed E-state index contributed by atoms with van der Waals surface area (Å²) in [5.41, 5.74) is 6.05. The Morgan fingerprint density at radius 3 is 2.59 bits per heavy atom. The van der Waals surface area contributed by atoms with Crippen LogP contribution in [0.2, 0.25) is 0 Å². The molecule has 1 fully saturated rings. The number of aryl methyl sites for hydroxylation is 1. The number of nitrogens with zero attached hydrogens (tertiary/aromatic N) is 1. The third-order valence-electron chi connectivity index (χ3n) is 7.37. The maximum Gasteiger partial charge on any atom is 0.403 e. The van der Waals surface area contributed by atoms with Gasteiger partial charge in [0.05, 0.1) is 17.2 Å². The van der Waals surface area contributed by atoms with E-state index in [2.05, 4.69) is 4.98 Å². The Morgan fingerprint density at radius 2 is 1.97 bits per heavy atom. The molecule has 1 saturated carbocycles. The minimum Gasteiger partial charge on any atom is -0.374 e. The summed E-state index contributed by atoms with van der Waals surface area (Å²) in [6.07, 6.45) is -3.13. The van der Waals surface area contributed by atoms with Crippen molar-refractivity contribution in [2.75, 3.05) is 7.11 Å². The Kier molecular flexibility index (Phi) is 5.64. The average molecular weight is 500 g/mol. The molecule has 3 N–H and O–H groups in total. The van der Waals surface area contributed by atoms with Crippen LogP contribution in [0.15, 0.2) is 20.8 Å². The van der Waals surface area contributed by atoms with Gasteiger partial charge in [0, 0.05) is 18.0 Å². The fraction of sp³-hybridized carbons (Fsp3) is 0.565. The zero-order valence-corrected chi connectivity index (χ0v) is 19.5. The quantitative estimate of drug-likeness (QED) is 0.620. The van der Waals surface area contributed by atoms with E-state index in [0.717, 1.165) is 17.7 Å². The van der Waals surface area contributed by atoms with Crippen LogP contribution in [0.3, 0.4) is 0 Å². The van der Waals surface area contributed by atoms with E-state index in [9.17, 15) is 22.8 Å². The number of H-pyrrole nitrogens is 1. The third kappa shape index (κ3) is 3.59. The smallest absolute Gasteiger partial charge is 0.374 e. The second-order valence-electron chi connectivity index (χ2n) is 9.39. The number of aromatic nitrogens is 2. The van der Waals surface area contributed by atoms with Gasteiger partial charge in [-0.2, -0.15) is 13.2 Å². The molecule has 0 aromatic carbocycles. The highest BCUT2D eigenvalue weighted by atomic mass is 32.1. The molecule has 34 heavy (non-hydrogen) atoms. The van der Waals surface area contributed by atoms with Crippen molar-refractivity contribution in [1.82, 2.24) is 9.55 Å². The van der Waals surface area contributed by atoms with Crippen molar-refractivity contribution in [2.24, 2.45) is 11.7 Å². The molecule has 2 aromatic rings. The first-order valence-corrected chi connectivity index (χ1v) is 12.1. The molecule has 6 nitrogen and oxygen atoms in total. The van der Waals surface area contributed by atoms with Gasteiger partial charge in [-0.1, -0.05) is 0 Å². The van der Waals surface area contributed by atoms with Gasteiger partial charge < -0.3 is 10.5 Å². The summed E-state index contributed by atoms with van der Waals surface area (Å²) >= 11 is 1.39. The summed E-state index contributed by atoms with van der Waals surface area (Å²) in [5, 5.41) is 1.77. The molecule has 0 saturated heterocycles. The Morgan fingerprint density at radius 1 is 1.26 bits per heavy atom. The summed E-state index contributed by atoms with van der Waals surface area (Å²) in [6.45, 7) is 1.49. The van der Waals surface area contributed by atoms with Gasteiger partial charge in [0.1, 0.15) is 18.0 Å². The van der Waals surface area contributed by atoms with E-state index in [4.69, 9.17) is 10.5 Å². The summed E-state index contributed by atoms with van der Waals surface area (Å²) in [6, 6.07) is -2.06. The van der Waals surface area contributed by atoms with Crippen LogP contribution in [0.25, 0.3) is 5.57 Å². The van der Waals surface area contributed by atoms with Crippen LogP contribution in [0, 0.1) is 5.92 Å². The van der Waals surface area contributed by atoms with Crippen LogP contribution >= 0.6 is 11.3 Å². The van der Waals surface area contributed by atoms with E-state index >= 15 is 4.39 Å². The van der Waals surface area contributed by atoms with Gasteiger partial charge in [0.25, 0.3) is 5.56 Å². The molecule has 0 aliphatic heterocycles. The Hall–Kier alpha value is -2.24. The summed E-state index contributed by atoms with van der Waals surface area (Å²) in [7, 11) is 1.39. The zero-order valence-electron chi connectivity index (χ0n) is 18.7. The third-order valence-corrected chi connectivity index (χ3v) is 8.48.